The molecule has 2 aromatic carbocycles. The van der Waals surface area contributed by atoms with Gasteiger partial charge in [0, 0.05) is 30.3 Å². The zero-order valence-electron chi connectivity index (χ0n) is 15.1. The molecule has 0 fully saturated rings. The number of hydrogen-bond acceptors (Lipinski definition) is 7. The van der Waals surface area contributed by atoms with Crippen molar-refractivity contribution in [1.29, 1.82) is 0 Å². The predicted octanol–water partition coefficient (Wildman–Crippen LogP) is 4.37. The van der Waals surface area contributed by atoms with E-state index in [9.17, 15) is 0 Å². The molecule has 0 saturated carbocycles. The van der Waals surface area contributed by atoms with Crippen LogP contribution in [-0.4, -0.2) is 19.9 Å². The first-order valence-corrected chi connectivity index (χ1v) is 8.88. The number of anilines is 5. The Bertz CT molecular complexity index is 949. The van der Waals surface area contributed by atoms with Crippen molar-refractivity contribution >= 4 is 29.2 Å². The standard InChI is InChI=1S/C21H19N7/c1-3-7-17(8-4-1)24-20-26-19(23-15-16-11-13-22-14-12-16)27-21(28-20)25-18-9-5-2-6-10-18/h1-14H,15H2,(H3,23,24,25,26,27,28). The van der Waals surface area contributed by atoms with E-state index in [-0.39, 0.29) is 0 Å². The summed E-state index contributed by atoms with van der Waals surface area (Å²) in [5, 5.41) is 9.68. The van der Waals surface area contributed by atoms with Crippen LogP contribution in [0.2, 0.25) is 0 Å². The molecule has 4 rings (SSSR count). The molecule has 0 unspecified atom stereocenters. The van der Waals surface area contributed by atoms with Crippen LogP contribution in [0.1, 0.15) is 5.56 Å². The van der Waals surface area contributed by atoms with Crippen LogP contribution in [0.4, 0.5) is 29.2 Å². The molecule has 2 heterocycles. The van der Waals surface area contributed by atoms with Crippen LogP contribution in [0.5, 0.6) is 0 Å². The lowest BCUT2D eigenvalue weighted by molar-refractivity contribution is 1.01. The molecule has 0 radical (unpaired) electrons. The third-order valence-electron chi connectivity index (χ3n) is 3.90. The zero-order chi connectivity index (χ0) is 19.0. The second kappa shape index (κ2) is 8.59. The molecule has 2 aromatic heterocycles. The molecule has 3 N–H and O–H groups in total. The molecule has 0 aliphatic rings. The van der Waals surface area contributed by atoms with Gasteiger partial charge >= 0.3 is 0 Å². The summed E-state index contributed by atoms with van der Waals surface area (Å²) >= 11 is 0. The van der Waals surface area contributed by atoms with Crippen molar-refractivity contribution < 1.29 is 0 Å². The predicted molar refractivity (Wildman–Crippen MR) is 111 cm³/mol. The fraction of sp³-hybridized carbons (Fsp3) is 0.0476. The van der Waals surface area contributed by atoms with Crippen molar-refractivity contribution in [2.24, 2.45) is 0 Å². The first-order valence-electron chi connectivity index (χ1n) is 8.88. The van der Waals surface area contributed by atoms with Crippen molar-refractivity contribution in [2.75, 3.05) is 16.0 Å². The molecular formula is C21H19N7. The number of nitrogens with zero attached hydrogens (tertiary/aromatic N) is 4. The largest absolute Gasteiger partial charge is 0.350 e. The summed E-state index contributed by atoms with van der Waals surface area (Å²) < 4.78 is 0. The minimum Gasteiger partial charge on any atom is -0.350 e. The van der Waals surface area contributed by atoms with Crippen LogP contribution in [0, 0.1) is 0 Å². The normalized spacial score (nSPS) is 10.3. The molecule has 7 heteroatoms. The van der Waals surface area contributed by atoms with Gasteiger partial charge in [-0.1, -0.05) is 36.4 Å². The summed E-state index contributed by atoms with van der Waals surface area (Å²) in [5.74, 6) is 1.39. The van der Waals surface area contributed by atoms with E-state index in [1.54, 1.807) is 12.4 Å². The van der Waals surface area contributed by atoms with E-state index in [1.165, 1.54) is 0 Å². The van der Waals surface area contributed by atoms with Crippen molar-refractivity contribution in [3.05, 3.63) is 90.8 Å². The Morgan fingerprint density at radius 2 is 1.07 bits per heavy atom. The number of para-hydroxylation sites is 2. The Balaban J connectivity index is 1.58. The van der Waals surface area contributed by atoms with Gasteiger partial charge in [0.25, 0.3) is 0 Å². The number of aromatic nitrogens is 4. The molecule has 0 amide bonds. The highest BCUT2D eigenvalue weighted by atomic mass is 15.3. The van der Waals surface area contributed by atoms with E-state index in [1.807, 2.05) is 72.8 Å². The van der Waals surface area contributed by atoms with Gasteiger partial charge in [-0.3, -0.25) is 4.98 Å². The van der Waals surface area contributed by atoms with E-state index >= 15 is 0 Å². The van der Waals surface area contributed by atoms with Gasteiger partial charge in [0.15, 0.2) is 0 Å². The van der Waals surface area contributed by atoms with Crippen LogP contribution < -0.4 is 16.0 Å². The van der Waals surface area contributed by atoms with Gasteiger partial charge in [-0.15, -0.1) is 0 Å². The van der Waals surface area contributed by atoms with Crippen LogP contribution in [0.3, 0.4) is 0 Å². The molecule has 0 bridgehead atoms. The minimum absolute atomic E-state index is 0.455. The van der Waals surface area contributed by atoms with Crippen molar-refractivity contribution in [3.63, 3.8) is 0 Å². The fourth-order valence-electron chi connectivity index (χ4n) is 2.55. The van der Waals surface area contributed by atoms with E-state index in [0.717, 1.165) is 16.9 Å². The van der Waals surface area contributed by atoms with Crippen LogP contribution in [0.15, 0.2) is 85.2 Å². The Hall–Kier alpha value is -4.00. The summed E-state index contributed by atoms with van der Waals surface area (Å²) in [4.78, 5) is 17.5. The average molecular weight is 369 g/mol. The van der Waals surface area contributed by atoms with E-state index in [4.69, 9.17) is 0 Å². The first-order chi connectivity index (χ1) is 13.8. The molecule has 0 aliphatic carbocycles. The molecular weight excluding hydrogens is 350 g/mol. The Kier molecular flexibility index (Phi) is 5.34. The van der Waals surface area contributed by atoms with Gasteiger partial charge in [-0.2, -0.15) is 15.0 Å². The summed E-state index contributed by atoms with van der Waals surface area (Å²) in [7, 11) is 0. The van der Waals surface area contributed by atoms with Crippen molar-refractivity contribution in [3.8, 4) is 0 Å². The monoisotopic (exact) mass is 369 g/mol. The molecule has 0 saturated heterocycles. The van der Waals surface area contributed by atoms with Crippen LogP contribution >= 0.6 is 0 Å². The second-order valence-electron chi connectivity index (χ2n) is 6.00. The molecule has 7 nitrogen and oxygen atoms in total. The lowest BCUT2D eigenvalue weighted by atomic mass is 10.3. The Labute approximate surface area is 162 Å². The maximum Gasteiger partial charge on any atom is 0.233 e. The topological polar surface area (TPSA) is 87.7 Å². The molecule has 0 atom stereocenters. The third-order valence-corrected chi connectivity index (χ3v) is 3.90. The van der Waals surface area contributed by atoms with Gasteiger partial charge < -0.3 is 16.0 Å². The van der Waals surface area contributed by atoms with E-state index in [0.29, 0.717) is 24.4 Å². The van der Waals surface area contributed by atoms with Gasteiger partial charge in [0.05, 0.1) is 0 Å². The minimum atomic E-state index is 0.455. The number of rotatable bonds is 7. The van der Waals surface area contributed by atoms with Crippen LogP contribution in [-0.2, 0) is 6.54 Å². The van der Waals surface area contributed by atoms with E-state index < -0.39 is 0 Å². The number of hydrogen-bond donors (Lipinski definition) is 3. The number of nitrogens with one attached hydrogen (secondary N) is 3. The van der Waals surface area contributed by atoms with Gasteiger partial charge in [-0.25, -0.2) is 0 Å². The third kappa shape index (κ3) is 4.79. The summed E-state index contributed by atoms with van der Waals surface area (Å²) in [6, 6.07) is 23.5. The smallest absolute Gasteiger partial charge is 0.233 e. The molecule has 0 aliphatic heterocycles. The summed E-state index contributed by atoms with van der Waals surface area (Å²) in [6.45, 7) is 0.585. The number of benzene rings is 2. The molecule has 138 valence electrons. The van der Waals surface area contributed by atoms with Gasteiger partial charge in [0.2, 0.25) is 17.8 Å². The van der Waals surface area contributed by atoms with Crippen molar-refractivity contribution in [2.45, 2.75) is 6.54 Å². The maximum atomic E-state index is 4.49. The highest BCUT2D eigenvalue weighted by molar-refractivity contribution is 5.59. The second-order valence-corrected chi connectivity index (χ2v) is 6.00. The number of pyridine rings is 1. The Morgan fingerprint density at radius 1 is 0.571 bits per heavy atom. The highest BCUT2D eigenvalue weighted by Gasteiger charge is 2.08. The summed E-state index contributed by atoms with van der Waals surface area (Å²) in [6.07, 6.45) is 3.52. The van der Waals surface area contributed by atoms with Crippen LogP contribution in [0.25, 0.3) is 0 Å². The SMILES string of the molecule is c1ccc(Nc2nc(NCc3ccncc3)nc(Nc3ccccc3)n2)cc1. The lowest BCUT2D eigenvalue weighted by Crippen LogP contribution is -2.09. The highest BCUT2D eigenvalue weighted by Crippen LogP contribution is 2.18. The van der Waals surface area contributed by atoms with Crippen molar-refractivity contribution in [1.82, 2.24) is 19.9 Å². The average Bonchev–Trinajstić information content (AvgIpc) is 2.74. The molecule has 28 heavy (non-hydrogen) atoms. The first kappa shape index (κ1) is 17.4. The maximum absolute atomic E-state index is 4.49. The van der Waals surface area contributed by atoms with E-state index in [2.05, 4.69) is 35.9 Å². The molecule has 0 spiro atoms. The Morgan fingerprint density at radius 3 is 1.61 bits per heavy atom. The fourth-order valence-corrected chi connectivity index (χ4v) is 2.55. The van der Waals surface area contributed by atoms with Gasteiger partial charge in [-0.05, 0) is 42.0 Å². The lowest BCUT2D eigenvalue weighted by Gasteiger charge is -2.11. The molecule has 4 aromatic rings. The van der Waals surface area contributed by atoms with Gasteiger partial charge in [0.1, 0.15) is 0 Å². The zero-order valence-corrected chi connectivity index (χ0v) is 15.1. The summed E-state index contributed by atoms with van der Waals surface area (Å²) in [5.41, 5.74) is 2.89. The quantitative estimate of drug-likeness (QED) is 0.446.